The van der Waals surface area contributed by atoms with E-state index in [2.05, 4.69) is 6.07 Å². The van der Waals surface area contributed by atoms with Crippen LogP contribution in [0.2, 0.25) is 0 Å². The Morgan fingerprint density at radius 3 is 2.69 bits per heavy atom. The van der Waals surface area contributed by atoms with Crippen LogP contribution in [-0.2, 0) is 13.4 Å². The Kier molecular flexibility index (Phi) is 3.87. The summed E-state index contributed by atoms with van der Waals surface area (Å²) < 4.78 is 40.0. The Bertz CT molecular complexity index is 1390. The standard InChI is InChI=1S/C25H24FN2O/c1-15-9-10-18-23-16(13-27)7-6-8-21(23)29-24(18)22(15)20-11-17(12-25(2,3)4)19(26)14-28(20)5/h6-11,14H,12H2,1-5H3/q+1/i12D2. The predicted molar refractivity (Wildman–Crippen MR) is 113 cm³/mol. The van der Waals surface area contributed by atoms with Gasteiger partial charge in [-0.1, -0.05) is 39.0 Å². The van der Waals surface area contributed by atoms with Crippen LogP contribution in [0, 0.1) is 29.5 Å². The van der Waals surface area contributed by atoms with E-state index in [1.165, 1.54) is 6.20 Å². The predicted octanol–water partition coefficient (Wildman–Crippen LogP) is 5.99. The summed E-state index contributed by atoms with van der Waals surface area (Å²) in [6, 6.07) is 13.0. The maximum absolute atomic E-state index is 14.9. The van der Waals surface area contributed by atoms with Gasteiger partial charge < -0.3 is 4.42 Å². The van der Waals surface area contributed by atoms with Crippen LogP contribution in [0.25, 0.3) is 33.2 Å². The van der Waals surface area contributed by atoms with E-state index in [0.717, 1.165) is 21.9 Å². The number of furan rings is 1. The van der Waals surface area contributed by atoms with E-state index >= 15 is 0 Å². The van der Waals surface area contributed by atoms with Gasteiger partial charge in [0.1, 0.15) is 18.2 Å². The van der Waals surface area contributed by atoms with Gasteiger partial charge in [-0.15, -0.1) is 0 Å². The summed E-state index contributed by atoms with van der Waals surface area (Å²) in [5.74, 6) is -0.590. The van der Waals surface area contributed by atoms with E-state index in [-0.39, 0.29) is 5.56 Å². The minimum Gasteiger partial charge on any atom is -0.455 e. The van der Waals surface area contributed by atoms with Crippen LogP contribution in [0.4, 0.5) is 4.39 Å². The third-order valence-corrected chi connectivity index (χ3v) is 4.99. The van der Waals surface area contributed by atoms with Crippen molar-refractivity contribution in [2.24, 2.45) is 12.5 Å². The number of rotatable bonds is 2. The van der Waals surface area contributed by atoms with Crippen LogP contribution in [-0.4, -0.2) is 0 Å². The molecule has 0 spiro atoms. The van der Waals surface area contributed by atoms with Crippen LogP contribution in [0.15, 0.2) is 47.0 Å². The lowest BCUT2D eigenvalue weighted by Gasteiger charge is -2.18. The molecule has 2 aromatic heterocycles. The van der Waals surface area contributed by atoms with Crippen molar-refractivity contribution >= 4 is 21.9 Å². The maximum atomic E-state index is 14.9. The minimum atomic E-state index is -1.89. The Hall–Kier alpha value is -3.19. The highest BCUT2D eigenvalue weighted by Gasteiger charge is 2.25. The summed E-state index contributed by atoms with van der Waals surface area (Å²) in [6.07, 6.45) is -0.570. The second-order valence-corrected chi connectivity index (χ2v) is 8.43. The lowest BCUT2D eigenvalue weighted by molar-refractivity contribution is -0.662. The van der Waals surface area contributed by atoms with Crippen LogP contribution in [0.3, 0.4) is 0 Å². The van der Waals surface area contributed by atoms with Crippen molar-refractivity contribution in [2.45, 2.75) is 34.1 Å². The first-order valence-electron chi connectivity index (χ1n) is 10.5. The third-order valence-electron chi connectivity index (χ3n) is 4.99. The van der Waals surface area contributed by atoms with Gasteiger partial charge in [0, 0.05) is 25.1 Å². The number of aryl methyl sites for hydroxylation is 2. The molecule has 0 atom stereocenters. The normalized spacial score (nSPS) is 13.4. The van der Waals surface area contributed by atoms with Crippen LogP contribution in [0.5, 0.6) is 0 Å². The zero-order valence-corrected chi connectivity index (χ0v) is 17.2. The molecule has 4 aromatic rings. The molecule has 0 fully saturated rings. The number of fused-ring (bicyclic) bond motifs is 3. The maximum Gasteiger partial charge on any atom is 0.216 e. The average molecular weight is 389 g/mol. The molecule has 0 radical (unpaired) electrons. The highest BCUT2D eigenvalue weighted by Crippen LogP contribution is 2.38. The lowest BCUT2D eigenvalue weighted by Crippen LogP contribution is -2.32. The van der Waals surface area contributed by atoms with Gasteiger partial charge in [-0.2, -0.15) is 9.83 Å². The Morgan fingerprint density at radius 1 is 1.24 bits per heavy atom. The summed E-state index contributed by atoms with van der Waals surface area (Å²) in [5, 5.41) is 11.1. The van der Waals surface area contributed by atoms with Gasteiger partial charge in [0.15, 0.2) is 5.82 Å². The topological polar surface area (TPSA) is 40.8 Å². The molecule has 4 rings (SSSR count). The van der Waals surface area contributed by atoms with Crippen molar-refractivity contribution in [3.05, 3.63) is 65.1 Å². The van der Waals surface area contributed by atoms with Gasteiger partial charge in [0.25, 0.3) is 0 Å². The molecule has 2 heterocycles. The molecule has 0 saturated carbocycles. The molecule has 4 heteroatoms. The molecule has 0 unspecified atom stereocenters. The van der Waals surface area contributed by atoms with Gasteiger partial charge in [-0.3, -0.25) is 0 Å². The summed E-state index contributed by atoms with van der Waals surface area (Å²) >= 11 is 0. The minimum absolute atomic E-state index is 0.0123. The number of pyridine rings is 1. The quantitative estimate of drug-likeness (QED) is 0.395. The smallest absolute Gasteiger partial charge is 0.216 e. The zero-order chi connectivity index (χ0) is 22.7. The van der Waals surface area contributed by atoms with Crippen molar-refractivity contribution in [2.75, 3.05) is 0 Å². The molecule has 0 aliphatic carbocycles. The summed E-state index contributed by atoms with van der Waals surface area (Å²) in [5.41, 5.74) is 3.26. The number of nitriles is 1. The van der Waals surface area contributed by atoms with Crippen LogP contribution < -0.4 is 4.57 Å². The summed E-state index contributed by atoms with van der Waals surface area (Å²) in [6.45, 7) is 7.21. The molecule has 0 aliphatic rings. The van der Waals surface area contributed by atoms with Gasteiger partial charge in [-0.05, 0) is 36.4 Å². The first kappa shape index (κ1) is 16.7. The molecule has 0 bridgehead atoms. The van der Waals surface area contributed by atoms with Crippen molar-refractivity contribution in [1.82, 2.24) is 0 Å². The first-order valence-corrected chi connectivity index (χ1v) is 9.52. The molecule has 0 aliphatic heterocycles. The molecule has 2 aromatic carbocycles. The molecule has 29 heavy (non-hydrogen) atoms. The monoisotopic (exact) mass is 389 g/mol. The summed E-state index contributed by atoms with van der Waals surface area (Å²) in [4.78, 5) is 0. The Morgan fingerprint density at radius 2 is 2.00 bits per heavy atom. The molecular formula is C25H24FN2O+. The molecular weight excluding hydrogens is 363 g/mol. The fourth-order valence-corrected chi connectivity index (χ4v) is 3.76. The zero-order valence-electron chi connectivity index (χ0n) is 19.2. The van der Waals surface area contributed by atoms with Crippen molar-refractivity contribution in [3.8, 4) is 17.3 Å². The lowest BCUT2D eigenvalue weighted by atomic mass is 9.87. The molecule has 0 saturated heterocycles. The Labute approximate surface area is 172 Å². The first-order chi connectivity index (χ1) is 14.5. The van der Waals surface area contributed by atoms with Gasteiger partial charge in [0.2, 0.25) is 11.9 Å². The van der Waals surface area contributed by atoms with E-state index in [1.54, 1.807) is 50.6 Å². The van der Waals surface area contributed by atoms with Gasteiger partial charge >= 0.3 is 0 Å². The fraction of sp³-hybridized carbons (Fsp3) is 0.280. The average Bonchev–Trinajstić information content (AvgIpc) is 3.06. The fourth-order valence-electron chi connectivity index (χ4n) is 3.76. The number of halogens is 1. The van der Waals surface area contributed by atoms with Crippen LogP contribution >= 0.6 is 0 Å². The molecule has 146 valence electrons. The second kappa shape index (κ2) is 6.70. The van der Waals surface area contributed by atoms with E-state index in [4.69, 9.17) is 7.16 Å². The Balaban J connectivity index is 2.10. The molecule has 3 nitrogen and oxygen atoms in total. The van der Waals surface area contributed by atoms with Gasteiger partial charge in [0.05, 0.1) is 17.2 Å². The van der Waals surface area contributed by atoms with Crippen molar-refractivity contribution in [3.63, 3.8) is 0 Å². The summed E-state index contributed by atoms with van der Waals surface area (Å²) in [7, 11) is 1.73. The van der Waals surface area contributed by atoms with Gasteiger partial charge in [-0.25, -0.2) is 4.39 Å². The number of benzene rings is 2. The number of nitrogens with zero attached hydrogens (tertiary/aromatic N) is 2. The second-order valence-electron chi connectivity index (χ2n) is 8.43. The van der Waals surface area contributed by atoms with E-state index in [0.29, 0.717) is 22.4 Å². The molecule has 0 amide bonds. The van der Waals surface area contributed by atoms with E-state index in [1.807, 2.05) is 25.1 Å². The third kappa shape index (κ3) is 3.27. The SMILES string of the molecule is [2H]C([2H])(c1cc(-c2c(C)ccc3c2oc2cccc(C#N)c23)[n+](C)cc1F)C(C)(C)C. The van der Waals surface area contributed by atoms with Crippen molar-refractivity contribution < 1.29 is 16.1 Å². The highest BCUT2D eigenvalue weighted by atomic mass is 19.1. The largest absolute Gasteiger partial charge is 0.455 e. The molecule has 0 N–H and O–H groups in total. The number of hydrogen-bond acceptors (Lipinski definition) is 2. The van der Waals surface area contributed by atoms with E-state index in [9.17, 15) is 9.65 Å². The number of aromatic nitrogens is 1. The van der Waals surface area contributed by atoms with E-state index < -0.39 is 17.6 Å². The highest BCUT2D eigenvalue weighted by molar-refractivity contribution is 6.11. The van der Waals surface area contributed by atoms with Crippen molar-refractivity contribution in [1.29, 1.82) is 5.26 Å². The van der Waals surface area contributed by atoms with Crippen LogP contribution in [0.1, 0.15) is 40.2 Å². The number of hydrogen-bond donors (Lipinski definition) is 0.